The Bertz CT molecular complexity index is 600. The molecule has 0 aliphatic carbocycles. The zero-order chi connectivity index (χ0) is 13.4. The van der Waals surface area contributed by atoms with Crippen molar-refractivity contribution in [3.05, 3.63) is 43.8 Å². The standard InChI is InChI=1S/C13H14BrNO2S/c1-7-4-11(9(3)18-7)8(2)15-6-10(14)5-12(15)13(16)17/h4-6,8H,1-3H3,(H,16,17). The maximum absolute atomic E-state index is 11.2. The quantitative estimate of drug-likeness (QED) is 0.916. The van der Waals surface area contributed by atoms with Crippen molar-refractivity contribution in [2.24, 2.45) is 0 Å². The van der Waals surface area contributed by atoms with Crippen molar-refractivity contribution in [2.45, 2.75) is 26.8 Å². The highest BCUT2D eigenvalue weighted by molar-refractivity contribution is 9.10. The fourth-order valence-corrected chi connectivity index (χ4v) is 3.61. The average molecular weight is 328 g/mol. The van der Waals surface area contributed by atoms with Crippen LogP contribution in [0.1, 0.15) is 38.8 Å². The van der Waals surface area contributed by atoms with Crippen LogP contribution in [0.5, 0.6) is 0 Å². The van der Waals surface area contributed by atoms with Gasteiger partial charge in [0.05, 0.1) is 6.04 Å². The zero-order valence-corrected chi connectivity index (χ0v) is 12.8. The lowest BCUT2D eigenvalue weighted by Gasteiger charge is -2.15. The first kappa shape index (κ1) is 13.4. The Hall–Kier alpha value is -1.07. The smallest absolute Gasteiger partial charge is 0.352 e. The van der Waals surface area contributed by atoms with Gasteiger partial charge in [0.25, 0.3) is 0 Å². The van der Waals surface area contributed by atoms with E-state index in [1.807, 2.05) is 13.1 Å². The third-order valence-corrected chi connectivity index (χ3v) is 4.40. The highest BCUT2D eigenvalue weighted by atomic mass is 79.9. The third kappa shape index (κ3) is 2.37. The highest BCUT2D eigenvalue weighted by Crippen LogP contribution is 2.31. The van der Waals surface area contributed by atoms with Crippen LogP contribution in [0.3, 0.4) is 0 Å². The van der Waals surface area contributed by atoms with Gasteiger partial charge in [-0.15, -0.1) is 11.3 Å². The number of hydrogen-bond donors (Lipinski definition) is 1. The van der Waals surface area contributed by atoms with Crippen LogP contribution in [0, 0.1) is 13.8 Å². The Morgan fingerprint density at radius 2 is 2.11 bits per heavy atom. The number of halogens is 1. The van der Waals surface area contributed by atoms with Crippen LogP contribution in [0.2, 0.25) is 0 Å². The van der Waals surface area contributed by atoms with Crippen molar-refractivity contribution in [3.63, 3.8) is 0 Å². The van der Waals surface area contributed by atoms with Crippen LogP contribution in [0.25, 0.3) is 0 Å². The predicted molar refractivity (Wildman–Crippen MR) is 76.7 cm³/mol. The van der Waals surface area contributed by atoms with Crippen molar-refractivity contribution in [3.8, 4) is 0 Å². The van der Waals surface area contributed by atoms with Crippen LogP contribution in [0.15, 0.2) is 22.8 Å². The molecule has 5 heteroatoms. The number of aromatic nitrogens is 1. The molecule has 96 valence electrons. The lowest BCUT2D eigenvalue weighted by atomic mass is 10.1. The molecule has 0 bridgehead atoms. The Morgan fingerprint density at radius 1 is 1.44 bits per heavy atom. The minimum Gasteiger partial charge on any atom is -0.477 e. The average Bonchev–Trinajstić information content (AvgIpc) is 2.81. The number of carboxylic acid groups (broad SMARTS) is 1. The van der Waals surface area contributed by atoms with E-state index >= 15 is 0 Å². The number of thiophene rings is 1. The molecule has 2 heterocycles. The number of carboxylic acids is 1. The topological polar surface area (TPSA) is 42.2 Å². The lowest BCUT2D eigenvalue weighted by Crippen LogP contribution is -2.13. The molecule has 2 aromatic rings. The predicted octanol–water partition coefficient (Wildman–Crippen LogP) is 4.24. The molecule has 0 amide bonds. The van der Waals surface area contributed by atoms with Gasteiger partial charge < -0.3 is 9.67 Å². The van der Waals surface area contributed by atoms with E-state index in [0.717, 1.165) is 4.47 Å². The van der Waals surface area contributed by atoms with Crippen LogP contribution in [-0.4, -0.2) is 15.6 Å². The Morgan fingerprint density at radius 3 is 2.61 bits per heavy atom. The molecule has 0 saturated heterocycles. The molecular weight excluding hydrogens is 314 g/mol. The van der Waals surface area contributed by atoms with Crippen LogP contribution < -0.4 is 0 Å². The van der Waals surface area contributed by atoms with Crippen LogP contribution >= 0.6 is 27.3 Å². The molecule has 2 aromatic heterocycles. The molecule has 2 rings (SSSR count). The number of aryl methyl sites for hydroxylation is 2. The second-order valence-electron chi connectivity index (χ2n) is 4.30. The minimum absolute atomic E-state index is 0.0207. The summed E-state index contributed by atoms with van der Waals surface area (Å²) in [5.74, 6) is -0.905. The molecule has 0 aliphatic heterocycles. The van der Waals surface area contributed by atoms with Gasteiger partial charge >= 0.3 is 5.97 Å². The Kier molecular flexibility index (Phi) is 3.64. The number of aromatic carboxylic acids is 1. The molecule has 18 heavy (non-hydrogen) atoms. The summed E-state index contributed by atoms with van der Waals surface area (Å²) >= 11 is 5.08. The Balaban J connectivity index is 2.48. The van der Waals surface area contributed by atoms with E-state index in [1.165, 1.54) is 15.3 Å². The van der Waals surface area contributed by atoms with Crippen LogP contribution in [-0.2, 0) is 0 Å². The summed E-state index contributed by atoms with van der Waals surface area (Å²) in [6, 6.07) is 3.78. The second-order valence-corrected chi connectivity index (χ2v) is 6.68. The zero-order valence-electron chi connectivity index (χ0n) is 10.4. The van der Waals surface area contributed by atoms with Gasteiger partial charge in [0.15, 0.2) is 0 Å². The molecule has 1 N–H and O–H groups in total. The summed E-state index contributed by atoms with van der Waals surface area (Å²) in [6.07, 6.45) is 1.82. The number of rotatable bonds is 3. The van der Waals surface area contributed by atoms with Crippen molar-refractivity contribution < 1.29 is 9.90 Å². The van der Waals surface area contributed by atoms with E-state index in [0.29, 0.717) is 5.69 Å². The van der Waals surface area contributed by atoms with E-state index in [2.05, 4.69) is 35.8 Å². The molecule has 0 aromatic carbocycles. The van der Waals surface area contributed by atoms with Gasteiger partial charge in [0, 0.05) is 20.4 Å². The van der Waals surface area contributed by atoms with E-state index in [-0.39, 0.29) is 6.04 Å². The van der Waals surface area contributed by atoms with Gasteiger partial charge in [-0.3, -0.25) is 0 Å². The summed E-state index contributed by atoms with van der Waals surface area (Å²) in [5.41, 5.74) is 1.49. The van der Waals surface area contributed by atoms with E-state index in [4.69, 9.17) is 0 Å². The van der Waals surface area contributed by atoms with Gasteiger partial charge in [0.2, 0.25) is 0 Å². The fourth-order valence-electron chi connectivity index (χ4n) is 2.15. The first-order valence-corrected chi connectivity index (χ1v) is 7.18. The van der Waals surface area contributed by atoms with Gasteiger partial charge in [-0.2, -0.15) is 0 Å². The van der Waals surface area contributed by atoms with Gasteiger partial charge in [-0.25, -0.2) is 4.79 Å². The number of nitrogens with zero attached hydrogens (tertiary/aromatic N) is 1. The first-order valence-electron chi connectivity index (χ1n) is 5.57. The molecule has 1 atom stereocenters. The largest absolute Gasteiger partial charge is 0.477 e. The summed E-state index contributed by atoms with van der Waals surface area (Å²) in [4.78, 5) is 13.7. The molecule has 0 saturated carbocycles. The van der Waals surface area contributed by atoms with Gasteiger partial charge in [-0.1, -0.05) is 0 Å². The van der Waals surface area contributed by atoms with Gasteiger partial charge in [-0.05, 0) is 54.4 Å². The van der Waals surface area contributed by atoms with Crippen molar-refractivity contribution in [1.29, 1.82) is 0 Å². The number of carbonyl (C=O) groups is 1. The third-order valence-electron chi connectivity index (χ3n) is 2.98. The number of hydrogen-bond acceptors (Lipinski definition) is 2. The van der Waals surface area contributed by atoms with E-state index in [9.17, 15) is 9.90 Å². The van der Waals surface area contributed by atoms with E-state index < -0.39 is 5.97 Å². The fraction of sp³-hybridized carbons (Fsp3) is 0.308. The summed E-state index contributed by atoms with van der Waals surface area (Å²) in [5, 5.41) is 9.21. The lowest BCUT2D eigenvalue weighted by molar-refractivity contribution is 0.0684. The van der Waals surface area contributed by atoms with E-state index in [1.54, 1.807) is 22.0 Å². The van der Waals surface area contributed by atoms with Crippen LogP contribution in [0.4, 0.5) is 0 Å². The molecule has 0 aliphatic rings. The highest BCUT2D eigenvalue weighted by Gasteiger charge is 2.19. The summed E-state index contributed by atoms with van der Waals surface area (Å²) in [7, 11) is 0. The molecule has 1 unspecified atom stereocenters. The monoisotopic (exact) mass is 327 g/mol. The molecule has 0 fully saturated rings. The molecule has 3 nitrogen and oxygen atoms in total. The summed E-state index contributed by atoms with van der Waals surface area (Å²) in [6.45, 7) is 6.16. The SMILES string of the molecule is Cc1cc(C(C)n2cc(Br)cc2C(=O)O)c(C)s1. The first-order chi connectivity index (χ1) is 8.40. The maximum atomic E-state index is 11.2. The molecule has 0 spiro atoms. The van der Waals surface area contributed by atoms with Crippen molar-refractivity contribution in [2.75, 3.05) is 0 Å². The Labute approximate surface area is 118 Å². The normalized spacial score (nSPS) is 12.7. The minimum atomic E-state index is -0.905. The van der Waals surface area contributed by atoms with Crippen molar-refractivity contribution >= 4 is 33.2 Å². The molecule has 0 radical (unpaired) electrons. The maximum Gasteiger partial charge on any atom is 0.352 e. The van der Waals surface area contributed by atoms with Gasteiger partial charge in [0.1, 0.15) is 5.69 Å². The van der Waals surface area contributed by atoms with Crippen molar-refractivity contribution in [1.82, 2.24) is 4.57 Å². The summed E-state index contributed by atoms with van der Waals surface area (Å²) < 4.78 is 2.58. The molecular formula is C13H14BrNO2S. The second kappa shape index (κ2) is 4.90.